The summed E-state index contributed by atoms with van der Waals surface area (Å²) in [5.41, 5.74) is 7.97. The van der Waals surface area contributed by atoms with Crippen LogP contribution in [-0.2, 0) is 11.3 Å². The molecule has 1 aliphatic rings. The Labute approximate surface area is 168 Å². The molecule has 6 nitrogen and oxygen atoms in total. The maximum absolute atomic E-state index is 13.1. The van der Waals surface area contributed by atoms with Gasteiger partial charge in [0, 0.05) is 6.54 Å². The molecule has 4 rings (SSSR count). The van der Waals surface area contributed by atoms with Crippen LogP contribution in [0.2, 0.25) is 0 Å². The number of hydrogen-bond donors (Lipinski definition) is 2. The van der Waals surface area contributed by atoms with E-state index in [4.69, 9.17) is 0 Å². The second-order valence-electron chi connectivity index (χ2n) is 7.12. The van der Waals surface area contributed by atoms with Gasteiger partial charge in [0.1, 0.15) is 11.1 Å². The van der Waals surface area contributed by atoms with Gasteiger partial charge < -0.3 is 10.7 Å². The Morgan fingerprint density at radius 1 is 1.04 bits per heavy atom. The zero-order chi connectivity index (χ0) is 19.7. The molecule has 0 radical (unpaired) electrons. The maximum Gasteiger partial charge on any atom is 0.236 e. The molecule has 0 unspecified atom stereocenters. The Morgan fingerprint density at radius 3 is 2.36 bits per heavy atom. The molecule has 1 aromatic heterocycles. The van der Waals surface area contributed by atoms with Crippen molar-refractivity contribution in [3.63, 3.8) is 0 Å². The number of amides is 1. The first-order valence-corrected chi connectivity index (χ1v) is 10.1. The first-order chi connectivity index (χ1) is 13.5. The van der Waals surface area contributed by atoms with Crippen LogP contribution in [0.4, 0.5) is 0 Å². The van der Waals surface area contributed by atoms with Crippen LogP contribution in [0.15, 0.2) is 53.7 Å². The van der Waals surface area contributed by atoms with Gasteiger partial charge in [-0.25, -0.2) is 4.68 Å². The van der Waals surface area contributed by atoms with E-state index in [1.807, 2.05) is 23.7 Å². The number of nitrogens with one attached hydrogen (secondary N) is 2. The quantitative estimate of drug-likeness (QED) is 0.712. The highest BCUT2D eigenvalue weighted by atomic mass is 32.2. The molecule has 3 aromatic rings. The lowest BCUT2D eigenvalue weighted by Crippen LogP contribution is -2.44. The third-order valence-corrected chi connectivity index (χ3v) is 6.10. The molecule has 0 fully saturated rings. The van der Waals surface area contributed by atoms with Gasteiger partial charge in [-0.15, -0.1) is 10.2 Å². The summed E-state index contributed by atoms with van der Waals surface area (Å²) >= 11 is 1.45. The normalized spacial score (nSPS) is 18.2. The Hall–Kier alpha value is -2.80. The van der Waals surface area contributed by atoms with Crippen LogP contribution in [0.25, 0.3) is 0 Å². The molecule has 0 spiro atoms. The van der Waals surface area contributed by atoms with Crippen LogP contribution in [0.1, 0.15) is 34.1 Å². The van der Waals surface area contributed by atoms with Gasteiger partial charge in [0.2, 0.25) is 11.1 Å². The predicted molar refractivity (Wildman–Crippen MR) is 111 cm³/mol. The second-order valence-corrected chi connectivity index (χ2v) is 8.23. The van der Waals surface area contributed by atoms with Gasteiger partial charge in [-0.3, -0.25) is 4.79 Å². The molecule has 28 heavy (non-hydrogen) atoms. The highest BCUT2D eigenvalue weighted by molar-refractivity contribution is 8.00. The molecular weight excluding hydrogens is 370 g/mol. The van der Waals surface area contributed by atoms with E-state index < -0.39 is 0 Å². The Morgan fingerprint density at radius 2 is 1.68 bits per heavy atom. The van der Waals surface area contributed by atoms with Gasteiger partial charge in [0.05, 0.1) is 6.04 Å². The summed E-state index contributed by atoms with van der Waals surface area (Å²) in [4.78, 5) is 13.1. The fraction of sp³-hybridized carbons (Fsp3) is 0.286. The standard InChI is InChI=1S/C21H23N5OS/c1-13-4-8-16(9-5-13)12-22-20(27)19-18(17-10-6-14(2)7-11-17)25-26-15(3)23-24-21(26)28-19/h4-11,18-19,25H,12H2,1-3H3,(H,22,27)/t18-,19-/m1/s1. The van der Waals surface area contributed by atoms with E-state index in [-0.39, 0.29) is 17.2 Å². The first kappa shape index (κ1) is 18.6. The topological polar surface area (TPSA) is 71.8 Å². The van der Waals surface area contributed by atoms with Crippen molar-refractivity contribution < 1.29 is 4.79 Å². The summed E-state index contributed by atoms with van der Waals surface area (Å²) in [5.74, 6) is 0.758. The molecule has 2 N–H and O–H groups in total. The average molecular weight is 394 g/mol. The first-order valence-electron chi connectivity index (χ1n) is 9.26. The van der Waals surface area contributed by atoms with Crippen molar-refractivity contribution in [1.29, 1.82) is 0 Å². The van der Waals surface area contributed by atoms with E-state index in [0.717, 1.165) is 17.0 Å². The summed E-state index contributed by atoms with van der Waals surface area (Å²) < 4.78 is 1.86. The Balaban J connectivity index is 1.57. The molecule has 2 heterocycles. The minimum Gasteiger partial charge on any atom is -0.351 e. The molecule has 0 saturated heterocycles. The maximum atomic E-state index is 13.1. The molecule has 0 bridgehead atoms. The number of nitrogens with zero attached hydrogens (tertiary/aromatic N) is 3. The van der Waals surface area contributed by atoms with Crippen LogP contribution >= 0.6 is 11.8 Å². The van der Waals surface area contributed by atoms with Crippen LogP contribution in [-0.4, -0.2) is 26.0 Å². The average Bonchev–Trinajstić information content (AvgIpc) is 3.07. The number of aryl methyl sites for hydroxylation is 3. The Bertz CT molecular complexity index is 981. The van der Waals surface area contributed by atoms with Gasteiger partial charge >= 0.3 is 0 Å². The molecule has 1 aliphatic heterocycles. The van der Waals surface area contributed by atoms with Gasteiger partial charge in [-0.05, 0) is 31.9 Å². The van der Waals surface area contributed by atoms with E-state index in [2.05, 4.69) is 71.2 Å². The third-order valence-electron chi connectivity index (χ3n) is 4.88. The van der Waals surface area contributed by atoms with E-state index in [1.165, 1.54) is 22.9 Å². The molecular formula is C21H23N5OS. The van der Waals surface area contributed by atoms with Crippen molar-refractivity contribution in [3.05, 3.63) is 76.6 Å². The monoisotopic (exact) mass is 393 g/mol. The van der Waals surface area contributed by atoms with E-state index in [0.29, 0.717) is 11.7 Å². The van der Waals surface area contributed by atoms with Crippen molar-refractivity contribution in [2.75, 3.05) is 5.43 Å². The van der Waals surface area contributed by atoms with E-state index >= 15 is 0 Å². The van der Waals surface area contributed by atoms with Crippen molar-refractivity contribution in [3.8, 4) is 0 Å². The van der Waals surface area contributed by atoms with Gasteiger partial charge in [0.15, 0.2) is 0 Å². The second kappa shape index (κ2) is 7.67. The molecule has 7 heteroatoms. The number of carbonyl (C=O) groups excluding carboxylic acids is 1. The van der Waals surface area contributed by atoms with Crippen molar-refractivity contribution >= 4 is 17.7 Å². The molecule has 0 aliphatic carbocycles. The van der Waals surface area contributed by atoms with Gasteiger partial charge in [-0.1, -0.05) is 71.4 Å². The minimum absolute atomic E-state index is 0.0180. The fourth-order valence-electron chi connectivity index (χ4n) is 3.18. The van der Waals surface area contributed by atoms with Gasteiger partial charge in [-0.2, -0.15) is 0 Å². The number of fused-ring (bicyclic) bond motifs is 1. The largest absolute Gasteiger partial charge is 0.351 e. The summed E-state index contributed by atoms with van der Waals surface area (Å²) in [7, 11) is 0. The number of thioether (sulfide) groups is 1. The summed E-state index contributed by atoms with van der Waals surface area (Å²) in [6.07, 6.45) is 0. The smallest absolute Gasteiger partial charge is 0.236 e. The zero-order valence-corrected chi connectivity index (χ0v) is 17.0. The van der Waals surface area contributed by atoms with Crippen molar-refractivity contribution in [1.82, 2.24) is 20.2 Å². The molecule has 2 atom stereocenters. The highest BCUT2D eigenvalue weighted by Gasteiger charge is 2.37. The molecule has 1 amide bonds. The fourth-order valence-corrected chi connectivity index (χ4v) is 4.33. The number of aromatic nitrogens is 3. The third kappa shape index (κ3) is 3.75. The Kier molecular flexibility index (Phi) is 5.09. The summed E-state index contributed by atoms with van der Waals surface area (Å²) in [5, 5.41) is 11.8. The van der Waals surface area contributed by atoms with Crippen LogP contribution in [0.3, 0.4) is 0 Å². The van der Waals surface area contributed by atoms with E-state index in [1.54, 1.807) is 0 Å². The number of carbonyl (C=O) groups is 1. The van der Waals surface area contributed by atoms with Crippen LogP contribution in [0.5, 0.6) is 0 Å². The predicted octanol–water partition coefficient (Wildman–Crippen LogP) is 3.28. The van der Waals surface area contributed by atoms with Crippen LogP contribution in [0, 0.1) is 20.8 Å². The van der Waals surface area contributed by atoms with Crippen LogP contribution < -0.4 is 10.7 Å². The lowest BCUT2D eigenvalue weighted by atomic mass is 10.0. The van der Waals surface area contributed by atoms with E-state index in [9.17, 15) is 4.79 Å². The molecule has 2 aromatic carbocycles. The van der Waals surface area contributed by atoms with Crippen molar-refractivity contribution in [2.24, 2.45) is 0 Å². The lowest BCUT2D eigenvalue weighted by Gasteiger charge is -2.32. The zero-order valence-electron chi connectivity index (χ0n) is 16.1. The number of rotatable bonds is 4. The number of hydrogen-bond acceptors (Lipinski definition) is 5. The summed E-state index contributed by atoms with van der Waals surface area (Å²) in [6, 6.07) is 16.3. The minimum atomic E-state index is -0.343. The SMILES string of the molecule is Cc1ccc(CNC(=O)[C@@H]2Sc3nnc(C)n3N[C@@H]2c2ccc(C)cc2)cc1. The lowest BCUT2D eigenvalue weighted by molar-refractivity contribution is -0.121. The van der Waals surface area contributed by atoms with Gasteiger partial charge in [0.25, 0.3) is 0 Å². The molecule has 0 saturated carbocycles. The highest BCUT2D eigenvalue weighted by Crippen LogP contribution is 2.37. The van der Waals surface area contributed by atoms with Crippen molar-refractivity contribution in [2.45, 2.75) is 43.8 Å². The summed E-state index contributed by atoms with van der Waals surface area (Å²) in [6.45, 7) is 6.51. The molecule has 144 valence electrons. The number of benzene rings is 2.